The van der Waals surface area contributed by atoms with Gasteiger partial charge in [0.2, 0.25) is 5.91 Å². The molecule has 0 saturated carbocycles. The fourth-order valence-electron chi connectivity index (χ4n) is 2.74. The molecule has 1 amide bonds. The first-order chi connectivity index (χ1) is 10.5. The van der Waals surface area contributed by atoms with Gasteiger partial charge >= 0.3 is 0 Å². The predicted molar refractivity (Wildman–Crippen MR) is 85.5 cm³/mol. The highest BCUT2D eigenvalue weighted by Gasteiger charge is 2.31. The van der Waals surface area contributed by atoms with Crippen molar-refractivity contribution in [2.24, 2.45) is 0 Å². The van der Waals surface area contributed by atoms with E-state index in [1.54, 1.807) is 17.5 Å². The molecule has 1 atom stereocenters. The third kappa shape index (κ3) is 3.05. The first-order valence-corrected chi connectivity index (χ1v) is 8.36. The number of nitrogens with zero attached hydrogens (tertiary/aromatic N) is 4. The van der Waals surface area contributed by atoms with Gasteiger partial charge in [-0.05, 0) is 26.8 Å². The lowest BCUT2D eigenvalue weighted by molar-refractivity contribution is -0.126. The minimum Gasteiger partial charge on any atom is -0.352 e. The average molecular weight is 319 g/mol. The Bertz CT molecular complexity index is 662. The molecule has 7 heteroatoms. The van der Waals surface area contributed by atoms with Crippen LogP contribution in [0.15, 0.2) is 17.8 Å². The van der Waals surface area contributed by atoms with E-state index >= 15 is 0 Å². The van der Waals surface area contributed by atoms with E-state index in [4.69, 9.17) is 0 Å². The van der Waals surface area contributed by atoms with Crippen LogP contribution in [0.25, 0.3) is 0 Å². The number of amides is 1. The van der Waals surface area contributed by atoms with Crippen molar-refractivity contribution in [3.63, 3.8) is 0 Å². The average Bonchev–Trinajstić information content (AvgIpc) is 3.07. The summed E-state index contributed by atoms with van der Waals surface area (Å²) in [5.41, 5.74) is 4.03. The number of aryl methyl sites for hydroxylation is 1. The number of fused-ring (bicyclic) bond motifs is 1. The molecule has 1 aliphatic rings. The van der Waals surface area contributed by atoms with Crippen LogP contribution in [0, 0.1) is 6.92 Å². The van der Waals surface area contributed by atoms with Gasteiger partial charge in [-0.25, -0.2) is 4.98 Å². The Labute approximate surface area is 134 Å². The largest absolute Gasteiger partial charge is 0.352 e. The molecule has 0 spiro atoms. The highest BCUT2D eigenvalue weighted by Crippen LogP contribution is 2.24. The quantitative estimate of drug-likeness (QED) is 0.932. The molecule has 2 aromatic rings. The van der Waals surface area contributed by atoms with Crippen LogP contribution < -0.4 is 5.32 Å². The van der Waals surface area contributed by atoms with E-state index in [0.29, 0.717) is 6.54 Å². The van der Waals surface area contributed by atoms with Crippen LogP contribution >= 0.6 is 11.3 Å². The molecule has 0 bridgehead atoms. The van der Waals surface area contributed by atoms with Gasteiger partial charge in [-0.3, -0.25) is 14.4 Å². The van der Waals surface area contributed by atoms with Gasteiger partial charge in [0.1, 0.15) is 6.04 Å². The zero-order valence-electron chi connectivity index (χ0n) is 13.1. The molecule has 0 fully saturated rings. The summed E-state index contributed by atoms with van der Waals surface area (Å²) in [6.07, 6.45) is 1.77. The molecule has 3 rings (SSSR count). The smallest absolute Gasteiger partial charge is 0.246 e. The van der Waals surface area contributed by atoms with E-state index in [9.17, 15) is 4.79 Å². The van der Waals surface area contributed by atoms with Crippen molar-refractivity contribution in [1.82, 2.24) is 25.0 Å². The molecule has 0 saturated heterocycles. The molecule has 0 aromatic carbocycles. The van der Waals surface area contributed by atoms with Crippen molar-refractivity contribution >= 4 is 17.2 Å². The summed E-state index contributed by atoms with van der Waals surface area (Å²) >= 11 is 1.67. The number of nitrogens with one attached hydrogen (secondary N) is 1. The summed E-state index contributed by atoms with van der Waals surface area (Å²) in [5.74, 6) is 0.0330. The summed E-state index contributed by atoms with van der Waals surface area (Å²) < 4.78 is 1.85. The summed E-state index contributed by atoms with van der Waals surface area (Å²) in [6, 6.07) is 1.85. The molecule has 22 heavy (non-hydrogen) atoms. The summed E-state index contributed by atoms with van der Waals surface area (Å²) in [5, 5.41) is 7.33. The SMILES string of the molecule is Cc1ncsc1CN1Cc2ccnn2[C@@H](C(=O)NC(C)C)C1. The summed E-state index contributed by atoms with van der Waals surface area (Å²) in [6.45, 7) is 8.29. The topological polar surface area (TPSA) is 63.1 Å². The normalized spacial score (nSPS) is 18.5. The van der Waals surface area contributed by atoms with E-state index in [1.807, 2.05) is 37.0 Å². The standard InChI is InChI=1S/C15H21N5OS/c1-10(2)18-15(21)13-7-19(6-12-4-5-17-20(12)13)8-14-11(3)16-9-22-14/h4-5,9-10,13H,6-8H2,1-3H3,(H,18,21)/t13-/m1/s1. The van der Waals surface area contributed by atoms with Gasteiger partial charge in [0.25, 0.3) is 0 Å². The van der Waals surface area contributed by atoms with E-state index in [-0.39, 0.29) is 18.0 Å². The Morgan fingerprint density at radius 2 is 2.36 bits per heavy atom. The summed E-state index contributed by atoms with van der Waals surface area (Å²) in [7, 11) is 0. The van der Waals surface area contributed by atoms with Gasteiger partial charge in [-0.15, -0.1) is 11.3 Å². The van der Waals surface area contributed by atoms with E-state index in [1.165, 1.54) is 4.88 Å². The van der Waals surface area contributed by atoms with E-state index in [2.05, 4.69) is 20.3 Å². The van der Waals surface area contributed by atoms with Crippen LogP contribution in [0.5, 0.6) is 0 Å². The molecular weight excluding hydrogens is 298 g/mol. The van der Waals surface area contributed by atoms with E-state index < -0.39 is 0 Å². The van der Waals surface area contributed by atoms with Gasteiger partial charge < -0.3 is 5.32 Å². The molecule has 6 nitrogen and oxygen atoms in total. The van der Waals surface area contributed by atoms with Crippen molar-refractivity contribution in [3.8, 4) is 0 Å². The van der Waals surface area contributed by atoms with Crippen LogP contribution in [0.3, 0.4) is 0 Å². The third-order valence-electron chi connectivity index (χ3n) is 3.81. The second-order valence-corrected chi connectivity index (χ2v) is 6.92. The number of hydrogen-bond donors (Lipinski definition) is 1. The highest BCUT2D eigenvalue weighted by atomic mass is 32.1. The first kappa shape index (κ1) is 15.2. The maximum absolute atomic E-state index is 12.5. The van der Waals surface area contributed by atoms with Crippen molar-refractivity contribution in [2.75, 3.05) is 6.54 Å². The molecule has 1 aliphatic heterocycles. The molecule has 2 aromatic heterocycles. The zero-order chi connectivity index (χ0) is 15.7. The lowest BCUT2D eigenvalue weighted by atomic mass is 10.1. The van der Waals surface area contributed by atoms with Crippen molar-refractivity contribution in [2.45, 2.75) is 45.9 Å². The fourth-order valence-corrected chi connectivity index (χ4v) is 3.56. The van der Waals surface area contributed by atoms with Gasteiger partial charge in [-0.2, -0.15) is 5.10 Å². The lowest BCUT2D eigenvalue weighted by Crippen LogP contribution is -2.46. The summed E-state index contributed by atoms with van der Waals surface area (Å²) in [4.78, 5) is 20.3. The number of carbonyl (C=O) groups excluding carboxylic acids is 1. The molecule has 0 aliphatic carbocycles. The Morgan fingerprint density at radius 3 is 3.05 bits per heavy atom. The third-order valence-corrected chi connectivity index (χ3v) is 4.73. The van der Waals surface area contributed by atoms with Crippen molar-refractivity contribution < 1.29 is 4.79 Å². The van der Waals surface area contributed by atoms with Gasteiger partial charge in [0.05, 0.1) is 16.9 Å². The molecule has 3 heterocycles. The lowest BCUT2D eigenvalue weighted by Gasteiger charge is -2.33. The molecule has 118 valence electrons. The molecule has 0 radical (unpaired) electrons. The Morgan fingerprint density at radius 1 is 1.55 bits per heavy atom. The maximum Gasteiger partial charge on any atom is 0.246 e. The van der Waals surface area contributed by atoms with E-state index in [0.717, 1.165) is 24.5 Å². The van der Waals surface area contributed by atoms with Crippen LogP contribution in [0.1, 0.15) is 36.2 Å². The van der Waals surface area contributed by atoms with Crippen LogP contribution in [0.4, 0.5) is 0 Å². The predicted octanol–water partition coefficient (Wildman–Crippen LogP) is 1.73. The zero-order valence-corrected chi connectivity index (χ0v) is 13.9. The van der Waals surface area contributed by atoms with Crippen molar-refractivity contribution in [1.29, 1.82) is 0 Å². The van der Waals surface area contributed by atoms with Gasteiger partial charge in [0, 0.05) is 36.8 Å². The van der Waals surface area contributed by atoms with Crippen molar-refractivity contribution in [3.05, 3.63) is 34.0 Å². The number of hydrogen-bond acceptors (Lipinski definition) is 5. The number of thiazole rings is 1. The van der Waals surface area contributed by atoms with Crippen LogP contribution in [-0.4, -0.2) is 38.2 Å². The minimum atomic E-state index is -0.269. The monoisotopic (exact) mass is 319 g/mol. The van der Waals surface area contributed by atoms with Crippen LogP contribution in [0.2, 0.25) is 0 Å². The first-order valence-electron chi connectivity index (χ1n) is 7.48. The van der Waals surface area contributed by atoms with Gasteiger partial charge in [-0.1, -0.05) is 0 Å². The number of rotatable bonds is 4. The second kappa shape index (κ2) is 6.18. The number of carbonyl (C=O) groups is 1. The van der Waals surface area contributed by atoms with Crippen LogP contribution in [-0.2, 0) is 17.9 Å². The molecule has 1 N–H and O–H groups in total. The number of aromatic nitrogens is 3. The highest BCUT2D eigenvalue weighted by molar-refractivity contribution is 7.09. The Balaban J connectivity index is 1.79. The van der Waals surface area contributed by atoms with Gasteiger partial charge in [0.15, 0.2) is 0 Å². The Kier molecular flexibility index (Phi) is 4.26. The molecular formula is C15H21N5OS. The second-order valence-electron chi connectivity index (χ2n) is 5.98. The fraction of sp³-hybridized carbons (Fsp3) is 0.533. The minimum absolute atomic E-state index is 0.0330. The Hall–Kier alpha value is -1.73. The maximum atomic E-state index is 12.5. The molecule has 0 unspecified atom stereocenters.